The van der Waals surface area contributed by atoms with Crippen LogP contribution in [-0.2, 0) is 4.74 Å². The second kappa shape index (κ2) is 9.97. The molecule has 0 aliphatic rings. The molecule has 0 radical (unpaired) electrons. The first-order valence-electron chi connectivity index (χ1n) is 6.21. The normalized spacial score (nSPS) is 15.4. The molecule has 0 fully saturated rings. The van der Waals surface area contributed by atoms with Gasteiger partial charge in [-0.2, -0.15) is 0 Å². The molecule has 2 unspecified atom stereocenters. The van der Waals surface area contributed by atoms with Crippen molar-refractivity contribution in [3.63, 3.8) is 0 Å². The number of hydrogen-bond donors (Lipinski definition) is 1. The molecule has 0 saturated carbocycles. The summed E-state index contributed by atoms with van der Waals surface area (Å²) >= 11 is 0. The van der Waals surface area contributed by atoms with Crippen LogP contribution in [-0.4, -0.2) is 32.2 Å². The van der Waals surface area contributed by atoms with Gasteiger partial charge in [-0.15, -0.1) is 0 Å². The van der Waals surface area contributed by atoms with Crippen molar-refractivity contribution in [3.05, 3.63) is 0 Å². The lowest BCUT2D eigenvalue weighted by molar-refractivity contribution is 0.0129. The van der Waals surface area contributed by atoms with E-state index < -0.39 is 13.0 Å². The van der Waals surface area contributed by atoms with Crippen molar-refractivity contribution < 1.29 is 13.5 Å². The zero-order valence-electron chi connectivity index (χ0n) is 10.6. The molecule has 0 spiro atoms. The lowest BCUT2D eigenvalue weighted by Gasteiger charge is -2.24. The van der Waals surface area contributed by atoms with E-state index in [0.29, 0.717) is 18.6 Å². The molecule has 4 heteroatoms. The highest BCUT2D eigenvalue weighted by molar-refractivity contribution is 4.72. The van der Waals surface area contributed by atoms with Crippen LogP contribution >= 0.6 is 0 Å². The molecule has 0 aromatic carbocycles. The van der Waals surface area contributed by atoms with Gasteiger partial charge in [0.1, 0.15) is 6.61 Å². The Morgan fingerprint density at radius 1 is 1.25 bits per heavy atom. The van der Waals surface area contributed by atoms with Crippen LogP contribution in [0.5, 0.6) is 0 Å². The summed E-state index contributed by atoms with van der Waals surface area (Å²) < 4.78 is 28.6. The van der Waals surface area contributed by atoms with Gasteiger partial charge in [0, 0.05) is 12.6 Å². The number of alkyl halides is 2. The van der Waals surface area contributed by atoms with Crippen LogP contribution in [0.25, 0.3) is 0 Å². The van der Waals surface area contributed by atoms with Gasteiger partial charge in [-0.05, 0) is 25.3 Å². The molecule has 0 aliphatic heterocycles. The smallest absolute Gasteiger partial charge is 0.261 e. The summed E-state index contributed by atoms with van der Waals surface area (Å²) in [5, 5.41) is 3.44. The second-order valence-corrected chi connectivity index (χ2v) is 4.20. The van der Waals surface area contributed by atoms with Crippen molar-refractivity contribution in [3.8, 4) is 0 Å². The maximum absolute atomic E-state index is 11.8. The van der Waals surface area contributed by atoms with Gasteiger partial charge >= 0.3 is 0 Å². The highest BCUT2D eigenvalue weighted by Gasteiger charge is 2.14. The topological polar surface area (TPSA) is 21.3 Å². The molecule has 16 heavy (non-hydrogen) atoms. The minimum Gasteiger partial charge on any atom is -0.375 e. The SMILES string of the molecule is CCCNC(CCOCC(F)F)C(C)CC. The van der Waals surface area contributed by atoms with Gasteiger partial charge in [0.05, 0.1) is 0 Å². The Morgan fingerprint density at radius 3 is 2.44 bits per heavy atom. The third-order valence-corrected chi connectivity index (χ3v) is 2.80. The minimum atomic E-state index is -2.36. The van der Waals surface area contributed by atoms with E-state index in [4.69, 9.17) is 4.74 Å². The van der Waals surface area contributed by atoms with Gasteiger partial charge in [-0.1, -0.05) is 27.2 Å². The highest BCUT2D eigenvalue weighted by Crippen LogP contribution is 2.11. The molecule has 0 heterocycles. The summed E-state index contributed by atoms with van der Waals surface area (Å²) in [6, 6.07) is 0.377. The van der Waals surface area contributed by atoms with E-state index in [1.165, 1.54) is 0 Å². The molecule has 0 aromatic rings. The number of halogens is 2. The Morgan fingerprint density at radius 2 is 1.94 bits per heavy atom. The molecule has 0 bridgehead atoms. The van der Waals surface area contributed by atoms with Gasteiger partial charge in [0.25, 0.3) is 6.43 Å². The van der Waals surface area contributed by atoms with Gasteiger partial charge in [-0.25, -0.2) is 8.78 Å². The maximum atomic E-state index is 11.8. The minimum absolute atomic E-state index is 0.377. The van der Waals surface area contributed by atoms with Crippen molar-refractivity contribution in [1.29, 1.82) is 0 Å². The molecular formula is C12H25F2NO. The molecule has 0 aromatic heterocycles. The lowest BCUT2D eigenvalue weighted by Crippen LogP contribution is -2.36. The summed E-state index contributed by atoms with van der Waals surface area (Å²) in [6.07, 6.45) is 0.633. The van der Waals surface area contributed by atoms with E-state index in [-0.39, 0.29) is 0 Å². The predicted molar refractivity (Wildman–Crippen MR) is 63.0 cm³/mol. The van der Waals surface area contributed by atoms with Crippen LogP contribution in [0.4, 0.5) is 8.78 Å². The van der Waals surface area contributed by atoms with Gasteiger partial charge in [0.15, 0.2) is 0 Å². The predicted octanol–water partition coefficient (Wildman–Crippen LogP) is 3.07. The third-order valence-electron chi connectivity index (χ3n) is 2.80. The summed E-state index contributed by atoms with van der Waals surface area (Å²) in [5.41, 5.74) is 0. The van der Waals surface area contributed by atoms with E-state index in [9.17, 15) is 8.78 Å². The molecule has 0 rings (SSSR count). The van der Waals surface area contributed by atoms with Crippen LogP contribution < -0.4 is 5.32 Å². The lowest BCUT2D eigenvalue weighted by atomic mass is 9.96. The Kier molecular flexibility index (Phi) is 9.83. The Balaban J connectivity index is 3.73. The summed E-state index contributed by atoms with van der Waals surface area (Å²) in [4.78, 5) is 0. The number of rotatable bonds is 10. The average molecular weight is 237 g/mol. The fraction of sp³-hybridized carbons (Fsp3) is 1.00. The first kappa shape index (κ1) is 15.8. The van der Waals surface area contributed by atoms with Crippen LogP contribution in [0.15, 0.2) is 0 Å². The van der Waals surface area contributed by atoms with Crippen molar-refractivity contribution in [2.24, 2.45) is 5.92 Å². The summed E-state index contributed by atoms with van der Waals surface area (Å²) in [6.45, 7) is 7.39. The van der Waals surface area contributed by atoms with Gasteiger partial charge < -0.3 is 10.1 Å². The van der Waals surface area contributed by atoms with E-state index >= 15 is 0 Å². The largest absolute Gasteiger partial charge is 0.375 e. The first-order chi connectivity index (χ1) is 7.61. The monoisotopic (exact) mass is 237 g/mol. The number of hydrogen-bond acceptors (Lipinski definition) is 2. The van der Waals surface area contributed by atoms with Crippen LogP contribution in [0.3, 0.4) is 0 Å². The average Bonchev–Trinajstić information content (AvgIpc) is 2.26. The van der Waals surface area contributed by atoms with Gasteiger partial charge in [0.2, 0.25) is 0 Å². The van der Waals surface area contributed by atoms with E-state index in [2.05, 4.69) is 26.1 Å². The Bertz CT molecular complexity index is 156. The summed E-state index contributed by atoms with van der Waals surface area (Å²) in [5.74, 6) is 0.557. The van der Waals surface area contributed by atoms with E-state index in [1.807, 2.05) is 0 Å². The fourth-order valence-electron chi connectivity index (χ4n) is 1.58. The number of nitrogens with one attached hydrogen (secondary N) is 1. The van der Waals surface area contributed by atoms with Crippen molar-refractivity contribution in [2.45, 2.75) is 52.5 Å². The van der Waals surface area contributed by atoms with Crippen LogP contribution in [0, 0.1) is 5.92 Å². The summed E-state index contributed by atoms with van der Waals surface area (Å²) in [7, 11) is 0. The molecule has 0 aliphatic carbocycles. The zero-order valence-corrected chi connectivity index (χ0v) is 10.6. The van der Waals surface area contributed by atoms with Gasteiger partial charge in [-0.3, -0.25) is 0 Å². The molecule has 2 nitrogen and oxygen atoms in total. The van der Waals surface area contributed by atoms with Crippen LogP contribution in [0.2, 0.25) is 0 Å². The molecular weight excluding hydrogens is 212 g/mol. The number of ether oxygens (including phenoxy) is 1. The molecule has 0 saturated heterocycles. The standard InChI is InChI=1S/C12H25F2NO/c1-4-7-15-11(10(3)5-2)6-8-16-9-12(13)14/h10-12,15H,4-9H2,1-3H3. The Hall–Kier alpha value is -0.220. The first-order valence-corrected chi connectivity index (χ1v) is 6.21. The Labute approximate surface area is 97.7 Å². The zero-order chi connectivity index (χ0) is 12.4. The maximum Gasteiger partial charge on any atom is 0.261 e. The second-order valence-electron chi connectivity index (χ2n) is 4.20. The van der Waals surface area contributed by atoms with Crippen LogP contribution in [0.1, 0.15) is 40.0 Å². The molecule has 2 atom stereocenters. The van der Waals surface area contributed by atoms with E-state index in [1.54, 1.807) is 0 Å². The highest BCUT2D eigenvalue weighted by atomic mass is 19.3. The van der Waals surface area contributed by atoms with Crippen molar-refractivity contribution in [2.75, 3.05) is 19.8 Å². The molecule has 0 amide bonds. The quantitative estimate of drug-likeness (QED) is 0.590. The third kappa shape index (κ3) is 7.99. The van der Waals surface area contributed by atoms with Crippen molar-refractivity contribution >= 4 is 0 Å². The molecule has 1 N–H and O–H groups in total. The molecule has 98 valence electrons. The van der Waals surface area contributed by atoms with Crippen molar-refractivity contribution in [1.82, 2.24) is 5.32 Å². The fourth-order valence-corrected chi connectivity index (χ4v) is 1.58. The van der Waals surface area contributed by atoms with E-state index in [0.717, 1.165) is 25.8 Å².